The van der Waals surface area contributed by atoms with Crippen LogP contribution in [-0.2, 0) is 16.1 Å². The number of carbonyl (C=O) groups excluding carboxylic acids is 1. The van der Waals surface area contributed by atoms with Crippen molar-refractivity contribution < 1.29 is 14.6 Å². The maximum absolute atomic E-state index is 11.9. The molecule has 0 atom stereocenters. The SMILES string of the molecule is N=C([OH2+])c1cnn(CC(=O)N2CCOCC2)c1. The Morgan fingerprint density at radius 3 is 2.82 bits per heavy atom. The van der Waals surface area contributed by atoms with Crippen LogP contribution in [0.1, 0.15) is 5.56 Å². The topological polar surface area (TPSA) is 94.1 Å². The van der Waals surface area contributed by atoms with Crippen LogP contribution in [0.15, 0.2) is 12.4 Å². The minimum Gasteiger partial charge on any atom is -0.579 e. The van der Waals surface area contributed by atoms with Gasteiger partial charge in [-0.15, -0.1) is 0 Å². The predicted molar refractivity (Wildman–Crippen MR) is 60.1 cm³/mol. The van der Waals surface area contributed by atoms with Crippen LogP contribution in [0.4, 0.5) is 0 Å². The summed E-state index contributed by atoms with van der Waals surface area (Å²) in [4.78, 5) is 13.6. The van der Waals surface area contributed by atoms with E-state index in [1.807, 2.05) is 0 Å². The summed E-state index contributed by atoms with van der Waals surface area (Å²) in [7, 11) is 0. The summed E-state index contributed by atoms with van der Waals surface area (Å²) in [6.07, 6.45) is 2.95. The fourth-order valence-corrected chi connectivity index (χ4v) is 1.63. The third kappa shape index (κ3) is 2.82. The molecule has 92 valence electrons. The van der Waals surface area contributed by atoms with Crippen LogP contribution in [0.3, 0.4) is 0 Å². The number of carbonyl (C=O) groups is 1. The summed E-state index contributed by atoms with van der Waals surface area (Å²) in [5.74, 6) is -0.311. The first-order valence-corrected chi connectivity index (χ1v) is 5.35. The molecule has 1 aliphatic heterocycles. The molecule has 0 unspecified atom stereocenters. The van der Waals surface area contributed by atoms with Crippen molar-refractivity contribution in [3.63, 3.8) is 0 Å². The Bertz CT molecular complexity index is 423. The van der Waals surface area contributed by atoms with Crippen LogP contribution in [0, 0.1) is 5.41 Å². The van der Waals surface area contributed by atoms with Crippen LogP contribution in [0.5, 0.6) is 0 Å². The molecule has 2 rings (SSSR count). The van der Waals surface area contributed by atoms with Crippen LogP contribution in [0.25, 0.3) is 0 Å². The van der Waals surface area contributed by atoms with Gasteiger partial charge < -0.3 is 14.7 Å². The van der Waals surface area contributed by atoms with Gasteiger partial charge in [-0.3, -0.25) is 9.48 Å². The molecule has 0 radical (unpaired) electrons. The number of amides is 1. The van der Waals surface area contributed by atoms with Crippen molar-refractivity contribution in [2.24, 2.45) is 0 Å². The minimum absolute atomic E-state index is 0.0144. The molecule has 1 aromatic rings. The Morgan fingerprint density at radius 1 is 1.53 bits per heavy atom. The number of hydrogen-bond donors (Lipinski definition) is 1. The number of morpholine rings is 1. The molecule has 0 bridgehead atoms. The lowest BCUT2D eigenvalue weighted by Gasteiger charge is -2.26. The van der Waals surface area contributed by atoms with E-state index < -0.39 is 0 Å². The van der Waals surface area contributed by atoms with Gasteiger partial charge in [0.1, 0.15) is 12.1 Å². The van der Waals surface area contributed by atoms with Crippen LogP contribution < -0.4 is 0 Å². The van der Waals surface area contributed by atoms with Crippen molar-refractivity contribution in [3.8, 4) is 0 Å². The lowest BCUT2D eigenvalue weighted by molar-refractivity contribution is -0.136. The maximum atomic E-state index is 11.9. The van der Waals surface area contributed by atoms with E-state index in [9.17, 15) is 4.79 Å². The molecule has 17 heavy (non-hydrogen) atoms. The van der Waals surface area contributed by atoms with E-state index in [2.05, 4.69) is 5.10 Å². The Labute approximate surface area is 98.1 Å². The molecule has 7 heteroatoms. The summed E-state index contributed by atoms with van der Waals surface area (Å²) in [6, 6.07) is 0. The molecule has 1 aliphatic rings. The largest absolute Gasteiger partial charge is 0.579 e. The summed E-state index contributed by atoms with van der Waals surface area (Å²) in [6.45, 7) is 2.52. The maximum Gasteiger partial charge on any atom is 0.360 e. The molecule has 0 spiro atoms. The minimum atomic E-state index is -0.296. The van der Waals surface area contributed by atoms with Gasteiger partial charge in [-0.05, 0) is 0 Å². The third-order valence-electron chi connectivity index (χ3n) is 2.58. The average Bonchev–Trinajstić information content (AvgIpc) is 2.79. The van der Waals surface area contributed by atoms with E-state index in [-0.39, 0.29) is 18.3 Å². The van der Waals surface area contributed by atoms with Crippen molar-refractivity contribution in [1.82, 2.24) is 14.7 Å². The molecule has 3 N–H and O–H groups in total. The fourth-order valence-electron chi connectivity index (χ4n) is 1.63. The van der Waals surface area contributed by atoms with Gasteiger partial charge in [0, 0.05) is 19.3 Å². The van der Waals surface area contributed by atoms with Crippen LogP contribution in [-0.4, -0.2) is 57.9 Å². The molecule has 0 aliphatic carbocycles. The van der Waals surface area contributed by atoms with Gasteiger partial charge in [0.25, 0.3) is 0 Å². The second-order valence-electron chi connectivity index (χ2n) is 3.79. The normalized spacial score (nSPS) is 15.9. The lowest BCUT2D eigenvalue weighted by atomic mass is 10.3. The molecule has 1 amide bonds. The van der Waals surface area contributed by atoms with Crippen LogP contribution >= 0.6 is 0 Å². The molecule has 1 aromatic heterocycles. The zero-order chi connectivity index (χ0) is 12.3. The first kappa shape index (κ1) is 11.6. The van der Waals surface area contributed by atoms with Crippen LogP contribution in [0.2, 0.25) is 0 Å². The van der Waals surface area contributed by atoms with E-state index in [1.54, 1.807) is 4.90 Å². The van der Waals surface area contributed by atoms with E-state index in [4.69, 9.17) is 15.3 Å². The number of hydrogen-bond acceptors (Lipinski definition) is 4. The zero-order valence-electron chi connectivity index (χ0n) is 9.35. The van der Waals surface area contributed by atoms with Gasteiger partial charge in [-0.2, -0.15) is 5.10 Å². The predicted octanol–water partition coefficient (Wildman–Crippen LogP) is -1.21. The molecular formula is C10H15N4O3+. The lowest BCUT2D eigenvalue weighted by Crippen LogP contribution is -2.42. The summed E-state index contributed by atoms with van der Waals surface area (Å²) < 4.78 is 6.62. The van der Waals surface area contributed by atoms with Gasteiger partial charge in [-0.25, -0.2) is 5.41 Å². The number of aromatic nitrogens is 2. The fraction of sp³-hybridized carbons (Fsp3) is 0.500. The first-order chi connectivity index (χ1) is 8.16. The highest BCUT2D eigenvalue weighted by Crippen LogP contribution is 2.01. The summed E-state index contributed by atoms with van der Waals surface area (Å²) in [5.41, 5.74) is 0.416. The van der Waals surface area contributed by atoms with Gasteiger partial charge in [0.05, 0.1) is 19.4 Å². The van der Waals surface area contributed by atoms with E-state index in [1.165, 1.54) is 17.1 Å². The highest BCUT2D eigenvalue weighted by Gasteiger charge is 2.18. The van der Waals surface area contributed by atoms with Crippen molar-refractivity contribution in [1.29, 1.82) is 5.41 Å². The Kier molecular flexibility index (Phi) is 3.38. The Balaban J connectivity index is 1.94. The second kappa shape index (κ2) is 4.96. The van der Waals surface area contributed by atoms with Crippen molar-refractivity contribution in [2.75, 3.05) is 26.3 Å². The number of nitrogens with one attached hydrogen (secondary N) is 1. The van der Waals surface area contributed by atoms with Gasteiger partial charge >= 0.3 is 5.90 Å². The second-order valence-corrected chi connectivity index (χ2v) is 3.79. The molecule has 7 nitrogen and oxygen atoms in total. The highest BCUT2D eigenvalue weighted by atomic mass is 16.5. The third-order valence-corrected chi connectivity index (χ3v) is 2.58. The van der Waals surface area contributed by atoms with E-state index in [0.29, 0.717) is 31.9 Å². The number of nitrogens with zero attached hydrogens (tertiary/aromatic N) is 3. The molecular weight excluding hydrogens is 224 g/mol. The highest BCUT2D eigenvalue weighted by molar-refractivity contribution is 5.89. The van der Waals surface area contributed by atoms with E-state index >= 15 is 0 Å². The van der Waals surface area contributed by atoms with Gasteiger partial charge in [0.2, 0.25) is 5.91 Å². The molecule has 2 heterocycles. The number of ether oxygens (including phenoxy) is 1. The molecule has 1 fully saturated rings. The summed E-state index contributed by atoms with van der Waals surface area (Å²) in [5, 5.41) is 18.2. The van der Waals surface area contributed by atoms with Crippen molar-refractivity contribution >= 4 is 11.8 Å². The molecule has 1 saturated heterocycles. The Morgan fingerprint density at radius 2 is 2.24 bits per heavy atom. The Hall–Kier alpha value is -1.89. The first-order valence-electron chi connectivity index (χ1n) is 5.35. The zero-order valence-corrected chi connectivity index (χ0v) is 9.35. The van der Waals surface area contributed by atoms with Gasteiger partial charge in [0.15, 0.2) is 0 Å². The van der Waals surface area contributed by atoms with Crippen molar-refractivity contribution in [3.05, 3.63) is 18.0 Å². The van der Waals surface area contributed by atoms with Crippen molar-refractivity contribution in [2.45, 2.75) is 6.54 Å². The van der Waals surface area contributed by atoms with Gasteiger partial charge in [-0.1, -0.05) is 0 Å². The smallest absolute Gasteiger partial charge is 0.360 e. The standard InChI is InChI=1S/C10H14N4O3/c11-10(16)8-5-12-14(6-8)7-9(15)13-1-3-17-4-2-13/h5-6H,1-4,7H2,(H2,11,16)/p+1. The van der Waals surface area contributed by atoms with E-state index in [0.717, 1.165) is 0 Å². The molecule has 0 saturated carbocycles. The molecule has 0 aromatic carbocycles. The average molecular weight is 239 g/mol. The number of rotatable bonds is 3. The quantitative estimate of drug-likeness (QED) is 0.407. The monoisotopic (exact) mass is 239 g/mol. The summed E-state index contributed by atoms with van der Waals surface area (Å²) >= 11 is 0.